The molecule has 2 unspecified atom stereocenters. The number of carboxylic acids is 1. The number of nitrogens with zero attached hydrogens (tertiary/aromatic N) is 1. The number of hydrogen-bond donors (Lipinski definition) is 2. The lowest BCUT2D eigenvalue weighted by molar-refractivity contribution is -0.316. The van der Waals surface area contributed by atoms with Crippen LogP contribution in [0.5, 0.6) is 0 Å². The zero-order valence-electron chi connectivity index (χ0n) is 27.5. The molecule has 1 aliphatic carbocycles. The molecule has 0 aromatic rings. The first-order chi connectivity index (χ1) is 19.9. The van der Waals surface area contributed by atoms with Gasteiger partial charge in [-0.1, -0.05) is 98.3 Å². The third-order valence-electron chi connectivity index (χ3n) is 9.10. The van der Waals surface area contributed by atoms with Gasteiger partial charge in [-0.15, -0.1) is 0 Å². The van der Waals surface area contributed by atoms with Crippen molar-refractivity contribution in [3.05, 3.63) is 0 Å². The molecule has 244 valence electrons. The van der Waals surface area contributed by atoms with E-state index in [9.17, 15) is 19.5 Å². The van der Waals surface area contributed by atoms with Crippen LogP contribution in [0.1, 0.15) is 138 Å². The highest BCUT2D eigenvalue weighted by atomic mass is 16.7. The zero-order chi connectivity index (χ0) is 31.2. The van der Waals surface area contributed by atoms with Crippen molar-refractivity contribution in [2.75, 3.05) is 26.2 Å². The van der Waals surface area contributed by atoms with Crippen molar-refractivity contribution < 1.29 is 29.0 Å². The fraction of sp³-hybridized carbons (Fsp3) is 0.909. The van der Waals surface area contributed by atoms with Crippen LogP contribution in [0, 0.1) is 11.3 Å². The number of carboxylic acid groups (broad SMARTS) is 1. The number of nitrogens with one attached hydrogen (secondary N) is 2. The summed E-state index contributed by atoms with van der Waals surface area (Å²) in [6.07, 6.45) is 13.7. The van der Waals surface area contributed by atoms with Crippen molar-refractivity contribution in [1.29, 1.82) is 0 Å². The molecule has 0 aromatic heterocycles. The second-order valence-electron chi connectivity index (χ2n) is 13.7. The van der Waals surface area contributed by atoms with E-state index in [0.717, 1.165) is 64.2 Å². The average molecular weight is 595 g/mol. The molecule has 2 aliphatic rings. The van der Waals surface area contributed by atoms with Crippen LogP contribution in [-0.4, -0.2) is 66.5 Å². The van der Waals surface area contributed by atoms with Crippen molar-refractivity contribution in [2.24, 2.45) is 11.3 Å². The number of carbonyl (C=O) groups excluding carboxylic acids is 3. The van der Waals surface area contributed by atoms with E-state index in [1.54, 1.807) is 13.8 Å². The maximum absolute atomic E-state index is 13.8. The van der Waals surface area contributed by atoms with Crippen LogP contribution in [0.3, 0.4) is 0 Å². The molecule has 3 amide bonds. The summed E-state index contributed by atoms with van der Waals surface area (Å²) in [4.78, 5) is 41.9. The van der Waals surface area contributed by atoms with E-state index in [1.165, 1.54) is 19.3 Å². The van der Waals surface area contributed by atoms with E-state index < -0.39 is 34.7 Å². The van der Waals surface area contributed by atoms with Crippen molar-refractivity contribution >= 4 is 17.9 Å². The first-order valence-corrected chi connectivity index (χ1v) is 16.8. The lowest BCUT2D eigenvalue weighted by Crippen LogP contribution is -2.66. The van der Waals surface area contributed by atoms with E-state index >= 15 is 0 Å². The first-order valence-electron chi connectivity index (χ1n) is 16.8. The van der Waals surface area contributed by atoms with Gasteiger partial charge in [0.25, 0.3) is 0 Å². The highest BCUT2D eigenvalue weighted by Crippen LogP contribution is 2.41. The number of rotatable bonds is 18. The molecule has 2 atom stereocenters. The van der Waals surface area contributed by atoms with Gasteiger partial charge in [0.2, 0.25) is 5.91 Å². The van der Waals surface area contributed by atoms with Crippen LogP contribution in [-0.2, 0) is 19.1 Å². The molecule has 1 aliphatic heterocycles. The predicted octanol–water partition coefficient (Wildman–Crippen LogP) is 5.30. The average Bonchev–Trinajstić information content (AvgIpc) is 2.94. The van der Waals surface area contributed by atoms with Gasteiger partial charge >= 0.3 is 6.03 Å². The van der Waals surface area contributed by atoms with Gasteiger partial charge in [0.15, 0.2) is 5.79 Å². The Balaban J connectivity index is 2.23. The molecule has 0 spiro atoms. The minimum Gasteiger partial charge on any atom is -0.550 e. The van der Waals surface area contributed by atoms with Crippen LogP contribution in [0.2, 0.25) is 0 Å². The Bertz CT molecular complexity index is 840. The molecule has 0 aromatic carbocycles. The fourth-order valence-corrected chi connectivity index (χ4v) is 6.50. The highest BCUT2D eigenvalue weighted by molar-refractivity contribution is 5.83. The van der Waals surface area contributed by atoms with E-state index in [-0.39, 0.29) is 18.5 Å². The molecule has 1 heterocycles. The fourth-order valence-electron chi connectivity index (χ4n) is 6.50. The van der Waals surface area contributed by atoms with Crippen LogP contribution in [0.15, 0.2) is 0 Å². The molecule has 2 fully saturated rings. The molecular formula is C33H60N3O6-. The summed E-state index contributed by atoms with van der Waals surface area (Å²) < 4.78 is 11.7. The molecule has 2 N–H and O–H groups in total. The SMILES string of the molecule is CCCCCCCCNC(=O)N(CCCCCC)C1(C(CNC(=O)C2OC(C)(C)OCC2(C)C)C(=O)[O-])CCCCC1. The smallest absolute Gasteiger partial charge is 0.317 e. The Morgan fingerprint density at radius 3 is 2.07 bits per heavy atom. The van der Waals surface area contributed by atoms with Gasteiger partial charge in [-0.05, 0) is 39.5 Å². The zero-order valence-corrected chi connectivity index (χ0v) is 27.5. The van der Waals surface area contributed by atoms with Crippen molar-refractivity contribution in [2.45, 2.75) is 155 Å². The maximum Gasteiger partial charge on any atom is 0.317 e. The van der Waals surface area contributed by atoms with Gasteiger partial charge in [-0.3, -0.25) is 4.79 Å². The van der Waals surface area contributed by atoms with Gasteiger partial charge in [-0.25, -0.2) is 4.79 Å². The third-order valence-corrected chi connectivity index (χ3v) is 9.10. The lowest BCUT2D eigenvalue weighted by Gasteiger charge is -2.51. The molecule has 1 saturated carbocycles. The van der Waals surface area contributed by atoms with E-state index in [0.29, 0.717) is 32.5 Å². The van der Waals surface area contributed by atoms with E-state index in [1.807, 2.05) is 18.7 Å². The predicted molar refractivity (Wildman–Crippen MR) is 164 cm³/mol. The number of hydrogen-bond acceptors (Lipinski definition) is 6. The molecule has 0 radical (unpaired) electrons. The molecule has 1 saturated heterocycles. The minimum absolute atomic E-state index is 0.117. The third kappa shape index (κ3) is 10.7. The highest BCUT2D eigenvalue weighted by Gasteiger charge is 2.49. The second-order valence-corrected chi connectivity index (χ2v) is 13.7. The van der Waals surface area contributed by atoms with Crippen LogP contribution in [0.25, 0.3) is 0 Å². The number of carbonyl (C=O) groups is 3. The number of urea groups is 1. The van der Waals surface area contributed by atoms with Crippen molar-refractivity contribution in [3.8, 4) is 0 Å². The summed E-state index contributed by atoms with van der Waals surface area (Å²) in [6.45, 7) is 13.0. The van der Waals surface area contributed by atoms with E-state index in [2.05, 4.69) is 24.5 Å². The van der Waals surface area contributed by atoms with Gasteiger partial charge in [0.1, 0.15) is 6.10 Å². The normalized spacial score (nSPS) is 21.7. The maximum atomic E-state index is 13.8. The Morgan fingerprint density at radius 2 is 1.45 bits per heavy atom. The summed E-state index contributed by atoms with van der Waals surface area (Å²) in [5.41, 5.74) is -1.51. The summed E-state index contributed by atoms with van der Waals surface area (Å²) >= 11 is 0. The van der Waals surface area contributed by atoms with Crippen LogP contribution < -0.4 is 15.7 Å². The molecule has 9 heteroatoms. The van der Waals surface area contributed by atoms with Crippen LogP contribution >= 0.6 is 0 Å². The Hall–Kier alpha value is -1.87. The lowest BCUT2D eigenvalue weighted by atomic mass is 9.71. The molecule has 0 bridgehead atoms. The van der Waals surface area contributed by atoms with Crippen LogP contribution in [0.4, 0.5) is 4.79 Å². The topological polar surface area (TPSA) is 120 Å². The van der Waals surface area contributed by atoms with Gasteiger partial charge < -0.3 is 34.9 Å². The Morgan fingerprint density at radius 1 is 0.857 bits per heavy atom. The number of aliphatic carboxylic acids is 1. The minimum atomic E-state index is -1.23. The van der Waals surface area contributed by atoms with Crippen molar-refractivity contribution in [3.63, 3.8) is 0 Å². The first kappa shape index (κ1) is 36.3. The molecule has 42 heavy (non-hydrogen) atoms. The summed E-state index contributed by atoms with van der Waals surface area (Å²) in [5.74, 6) is -3.55. The monoisotopic (exact) mass is 594 g/mol. The number of ether oxygens (including phenoxy) is 2. The molecule has 2 rings (SSSR count). The van der Waals surface area contributed by atoms with Gasteiger partial charge in [-0.2, -0.15) is 0 Å². The van der Waals surface area contributed by atoms with E-state index in [4.69, 9.17) is 9.47 Å². The summed E-state index contributed by atoms with van der Waals surface area (Å²) in [7, 11) is 0. The Labute approximate surface area is 255 Å². The molecule has 9 nitrogen and oxygen atoms in total. The summed E-state index contributed by atoms with van der Waals surface area (Å²) in [5, 5.41) is 18.9. The second kappa shape index (κ2) is 17.4. The number of unbranched alkanes of at least 4 members (excludes halogenated alkanes) is 8. The Kier molecular flexibility index (Phi) is 15.1. The van der Waals surface area contributed by atoms with Gasteiger partial charge in [0, 0.05) is 36.9 Å². The molecular weight excluding hydrogens is 534 g/mol. The van der Waals surface area contributed by atoms with Gasteiger partial charge in [0.05, 0.1) is 12.1 Å². The number of amides is 3. The largest absolute Gasteiger partial charge is 0.550 e. The summed E-state index contributed by atoms with van der Waals surface area (Å²) in [6, 6.07) is -0.199. The standard InChI is InChI=1S/C33H61N3O6/c1-7-9-11-13-14-18-22-34-30(40)36(23-19-12-10-8-2)33(20-16-15-17-21-33)26(29(38)39)24-35-28(37)27-31(3,4)25-41-32(5,6)42-27/h26-27H,7-25H2,1-6H3,(H,34,40)(H,35,37)(H,38,39)/p-1. The quantitative estimate of drug-likeness (QED) is 0.208. The van der Waals surface area contributed by atoms with Crippen molar-refractivity contribution in [1.82, 2.24) is 15.5 Å².